The number of allylic oxidation sites excluding steroid dienone is 4. The topological polar surface area (TPSA) is 21.3 Å². The van der Waals surface area contributed by atoms with Gasteiger partial charge in [-0.15, -0.1) is 6.58 Å². The summed E-state index contributed by atoms with van der Waals surface area (Å²) in [5, 5.41) is 3.47. The zero-order chi connectivity index (χ0) is 14.3. The molecule has 0 spiro atoms. The van der Waals surface area contributed by atoms with Crippen LogP contribution < -0.4 is 5.32 Å². The van der Waals surface area contributed by atoms with Gasteiger partial charge in [-0.3, -0.25) is 0 Å². The molecule has 0 unspecified atom stereocenters. The lowest BCUT2D eigenvalue weighted by molar-refractivity contribution is 0.0231. The molecule has 2 nitrogen and oxygen atoms in total. The van der Waals surface area contributed by atoms with Gasteiger partial charge < -0.3 is 10.1 Å². The van der Waals surface area contributed by atoms with Gasteiger partial charge in [0, 0.05) is 24.6 Å². The zero-order valence-electron chi connectivity index (χ0n) is 12.3. The molecule has 0 aliphatic heterocycles. The molecule has 0 aromatic rings. The van der Waals surface area contributed by atoms with Gasteiger partial charge in [0.1, 0.15) is 17.7 Å². The highest BCUT2D eigenvalue weighted by Gasteiger charge is 2.31. The normalized spacial score (nSPS) is 24.3. The minimum absolute atomic E-state index is 0.205. The molecule has 1 N–H and O–H groups in total. The fraction of sp³-hybridized carbons (Fsp3) is 0.625. The summed E-state index contributed by atoms with van der Waals surface area (Å²) in [6.07, 6.45) is 8.23. The molecule has 1 rings (SSSR count). The van der Waals surface area contributed by atoms with Crippen LogP contribution in [0.2, 0.25) is 0 Å². The molecule has 19 heavy (non-hydrogen) atoms. The molecule has 1 saturated carbocycles. The largest absolute Gasteiger partial charge is 0.494 e. The Kier molecular flexibility index (Phi) is 6.85. The van der Waals surface area contributed by atoms with Crippen molar-refractivity contribution >= 4 is 0 Å². The summed E-state index contributed by atoms with van der Waals surface area (Å²) in [7, 11) is 0. The Labute approximate surface area is 116 Å². The molecule has 0 aromatic carbocycles. The van der Waals surface area contributed by atoms with Crippen LogP contribution in [-0.2, 0) is 4.74 Å². The van der Waals surface area contributed by atoms with Crippen molar-refractivity contribution in [3.05, 3.63) is 36.4 Å². The third-order valence-corrected chi connectivity index (χ3v) is 3.03. The highest BCUT2D eigenvalue weighted by Crippen LogP contribution is 2.27. The van der Waals surface area contributed by atoms with Crippen molar-refractivity contribution in [2.75, 3.05) is 0 Å². The summed E-state index contributed by atoms with van der Waals surface area (Å²) < 4.78 is 19.3. The van der Waals surface area contributed by atoms with Crippen molar-refractivity contribution in [3.63, 3.8) is 0 Å². The molecule has 3 heteroatoms. The van der Waals surface area contributed by atoms with Gasteiger partial charge in [0.05, 0.1) is 0 Å². The molecular weight excluding hydrogens is 241 g/mol. The Morgan fingerprint density at radius 2 is 2.16 bits per heavy atom. The van der Waals surface area contributed by atoms with E-state index in [-0.39, 0.29) is 11.9 Å². The first-order valence-electron chi connectivity index (χ1n) is 7.15. The van der Waals surface area contributed by atoms with Gasteiger partial charge in [0.2, 0.25) is 0 Å². The second-order valence-corrected chi connectivity index (χ2v) is 5.33. The number of hydrogen-bond acceptors (Lipinski definition) is 2. The smallest absolute Gasteiger partial charge is 0.122 e. The van der Waals surface area contributed by atoms with Gasteiger partial charge >= 0.3 is 0 Å². The first-order valence-corrected chi connectivity index (χ1v) is 7.15. The molecule has 108 valence electrons. The van der Waals surface area contributed by atoms with Gasteiger partial charge in [-0.2, -0.15) is 0 Å². The quantitative estimate of drug-likeness (QED) is 0.403. The first-order chi connectivity index (χ1) is 9.05. The standard InChI is InChI=1S/C16H26FNO/c1-5-7-13(17)9-15(8-6-2)19-16-10-14(11-16)18-12(3)4/h6-7,9,12,14,16,18H,2,5,8,10-11H2,1,3-4H3/b13-7+,15-9+. The molecule has 0 saturated heterocycles. The molecule has 0 amide bonds. The maximum absolute atomic E-state index is 13.5. The Balaban J connectivity index is 2.44. The average molecular weight is 267 g/mol. The lowest BCUT2D eigenvalue weighted by Crippen LogP contribution is -2.47. The summed E-state index contributed by atoms with van der Waals surface area (Å²) in [5.41, 5.74) is 0. The van der Waals surface area contributed by atoms with Crippen LogP contribution in [0.1, 0.15) is 46.5 Å². The van der Waals surface area contributed by atoms with E-state index in [9.17, 15) is 4.39 Å². The van der Waals surface area contributed by atoms with Gasteiger partial charge in [0.15, 0.2) is 0 Å². The third-order valence-electron chi connectivity index (χ3n) is 3.03. The van der Waals surface area contributed by atoms with Crippen LogP contribution in [0.5, 0.6) is 0 Å². The lowest BCUT2D eigenvalue weighted by atomic mass is 9.88. The van der Waals surface area contributed by atoms with Gasteiger partial charge in [-0.25, -0.2) is 4.39 Å². The van der Waals surface area contributed by atoms with Crippen molar-refractivity contribution in [3.8, 4) is 0 Å². The van der Waals surface area contributed by atoms with Crippen molar-refractivity contribution in [1.29, 1.82) is 0 Å². The maximum atomic E-state index is 13.5. The van der Waals surface area contributed by atoms with Crippen LogP contribution in [0.25, 0.3) is 0 Å². The van der Waals surface area contributed by atoms with Gasteiger partial charge in [-0.1, -0.05) is 26.8 Å². The van der Waals surface area contributed by atoms with Gasteiger partial charge in [0.25, 0.3) is 0 Å². The number of halogens is 1. The van der Waals surface area contributed by atoms with Crippen LogP contribution in [-0.4, -0.2) is 18.2 Å². The Morgan fingerprint density at radius 1 is 1.47 bits per heavy atom. The van der Waals surface area contributed by atoms with E-state index in [0.29, 0.717) is 30.7 Å². The summed E-state index contributed by atoms with van der Waals surface area (Å²) in [5.74, 6) is 0.445. The second kappa shape index (κ2) is 8.16. The fourth-order valence-corrected chi connectivity index (χ4v) is 2.17. The maximum Gasteiger partial charge on any atom is 0.122 e. The predicted molar refractivity (Wildman–Crippen MR) is 78.5 cm³/mol. The number of hydrogen-bond donors (Lipinski definition) is 1. The molecule has 0 atom stereocenters. The van der Waals surface area contributed by atoms with Crippen LogP contribution in [0.3, 0.4) is 0 Å². The number of rotatable bonds is 8. The lowest BCUT2D eigenvalue weighted by Gasteiger charge is -2.37. The van der Waals surface area contributed by atoms with E-state index >= 15 is 0 Å². The van der Waals surface area contributed by atoms with E-state index in [1.165, 1.54) is 6.08 Å². The van der Waals surface area contributed by atoms with E-state index in [0.717, 1.165) is 12.8 Å². The number of ether oxygens (including phenoxy) is 1. The summed E-state index contributed by atoms with van der Waals surface area (Å²) in [6, 6.07) is 1.03. The second-order valence-electron chi connectivity index (χ2n) is 5.33. The monoisotopic (exact) mass is 267 g/mol. The van der Waals surface area contributed by atoms with Crippen molar-refractivity contribution in [2.45, 2.75) is 64.6 Å². The summed E-state index contributed by atoms with van der Waals surface area (Å²) >= 11 is 0. The van der Waals surface area contributed by atoms with Crippen LogP contribution in [0.4, 0.5) is 4.39 Å². The predicted octanol–water partition coefficient (Wildman–Crippen LogP) is 4.26. The third kappa shape index (κ3) is 6.06. The summed E-state index contributed by atoms with van der Waals surface area (Å²) in [6.45, 7) is 9.88. The molecule has 0 bridgehead atoms. The van der Waals surface area contributed by atoms with Crippen LogP contribution >= 0.6 is 0 Å². The Hall–Kier alpha value is -1.09. The molecule has 0 heterocycles. The van der Waals surface area contributed by atoms with Crippen molar-refractivity contribution in [1.82, 2.24) is 5.32 Å². The number of nitrogens with one attached hydrogen (secondary N) is 1. The zero-order valence-corrected chi connectivity index (χ0v) is 12.3. The molecule has 1 aliphatic carbocycles. The first kappa shape index (κ1) is 16.0. The molecule has 1 fully saturated rings. The average Bonchev–Trinajstić information content (AvgIpc) is 2.26. The molecule has 0 radical (unpaired) electrons. The van der Waals surface area contributed by atoms with Crippen molar-refractivity contribution in [2.24, 2.45) is 0 Å². The summed E-state index contributed by atoms with van der Waals surface area (Å²) in [4.78, 5) is 0. The van der Waals surface area contributed by atoms with E-state index in [2.05, 4.69) is 25.7 Å². The molecular formula is C16H26FNO. The fourth-order valence-electron chi connectivity index (χ4n) is 2.17. The molecule has 0 aromatic heterocycles. The van der Waals surface area contributed by atoms with E-state index < -0.39 is 0 Å². The van der Waals surface area contributed by atoms with Crippen molar-refractivity contribution < 1.29 is 9.13 Å². The SMILES string of the molecule is C=CC/C(=C\C(F)=C/CC)OC1CC(NC(C)C)C1. The van der Waals surface area contributed by atoms with E-state index in [4.69, 9.17) is 4.74 Å². The van der Waals surface area contributed by atoms with E-state index in [1.807, 2.05) is 6.92 Å². The van der Waals surface area contributed by atoms with Crippen LogP contribution in [0.15, 0.2) is 36.4 Å². The van der Waals surface area contributed by atoms with E-state index in [1.54, 1.807) is 12.2 Å². The Morgan fingerprint density at radius 3 is 2.68 bits per heavy atom. The van der Waals surface area contributed by atoms with Gasteiger partial charge in [-0.05, 0) is 25.3 Å². The van der Waals surface area contributed by atoms with Crippen LogP contribution in [0, 0.1) is 0 Å². The highest BCUT2D eigenvalue weighted by atomic mass is 19.1. The molecule has 1 aliphatic rings. The Bertz CT molecular complexity index is 341. The highest BCUT2D eigenvalue weighted by molar-refractivity contribution is 5.16. The minimum atomic E-state index is -0.226. The minimum Gasteiger partial charge on any atom is -0.494 e.